The van der Waals surface area contributed by atoms with Crippen LogP contribution in [0.2, 0.25) is 0 Å². The summed E-state index contributed by atoms with van der Waals surface area (Å²) in [6, 6.07) is 20.8. The summed E-state index contributed by atoms with van der Waals surface area (Å²) < 4.78 is 0. The monoisotopic (exact) mass is 336 g/mol. The molecule has 2 aromatic rings. The van der Waals surface area contributed by atoms with Gasteiger partial charge in [0.25, 0.3) is 0 Å². The summed E-state index contributed by atoms with van der Waals surface area (Å²) in [6.45, 7) is 6.11. The second kappa shape index (κ2) is 8.82. The van der Waals surface area contributed by atoms with E-state index in [2.05, 4.69) is 35.2 Å². The average Bonchev–Trinajstić information content (AvgIpc) is 3.13. The first kappa shape index (κ1) is 17.7. The third kappa shape index (κ3) is 4.93. The Kier molecular flexibility index (Phi) is 6.24. The summed E-state index contributed by atoms with van der Waals surface area (Å²) in [5, 5.41) is 0. The lowest BCUT2D eigenvalue weighted by atomic mass is 10.1. The number of hydrogen-bond acceptors (Lipinski definition) is 2. The highest BCUT2D eigenvalue weighted by atomic mass is 16.2. The summed E-state index contributed by atoms with van der Waals surface area (Å²) in [5.41, 5.74) is 2.43. The van der Waals surface area contributed by atoms with E-state index in [1.54, 1.807) is 0 Å². The predicted molar refractivity (Wildman–Crippen MR) is 104 cm³/mol. The van der Waals surface area contributed by atoms with Crippen molar-refractivity contribution in [3.63, 3.8) is 0 Å². The lowest BCUT2D eigenvalue weighted by Gasteiger charge is -2.26. The van der Waals surface area contributed by atoms with Crippen molar-refractivity contribution in [2.75, 3.05) is 31.1 Å². The van der Waals surface area contributed by atoms with Crippen molar-refractivity contribution in [3.8, 4) is 0 Å². The van der Waals surface area contributed by atoms with E-state index in [0.29, 0.717) is 12.3 Å². The Hall–Kier alpha value is -2.13. The Morgan fingerprint density at radius 3 is 2.44 bits per heavy atom. The number of carbonyl (C=O) groups is 1. The molecule has 1 heterocycles. The lowest BCUT2D eigenvalue weighted by Crippen LogP contribution is -2.36. The molecule has 25 heavy (non-hydrogen) atoms. The van der Waals surface area contributed by atoms with E-state index in [4.69, 9.17) is 0 Å². The highest BCUT2D eigenvalue weighted by molar-refractivity contribution is 5.93. The van der Waals surface area contributed by atoms with E-state index >= 15 is 0 Å². The molecule has 0 bridgehead atoms. The normalized spacial score (nSPS) is 17.6. The van der Waals surface area contributed by atoms with Crippen molar-refractivity contribution in [2.45, 2.75) is 26.2 Å². The summed E-state index contributed by atoms with van der Waals surface area (Å²) in [7, 11) is 0. The standard InChI is InChI=1S/C22H28N2O/c1-2-22(25)24(21-11-7-4-8-12-21)18-20-14-16-23(17-20)15-13-19-9-5-3-6-10-19/h3-12,20H,2,13-18H2,1H3. The number of amides is 1. The second-order valence-electron chi connectivity index (χ2n) is 6.88. The molecule has 1 aliphatic heterocycles. The van der Waals surface area contributed by atoms with Gasteiger partial charge in [-0.25, -0.2) is 0 Å². The van der Waals surface area contributed by atoms with Crippen LogP contribution in [0.5, 0.6) is 0 Å². The molecule has 3 heteroatoms. The number of rotatable bonds is 7. The Balaban J connectivity index is 1.54. The molecule has 1 atom stereocenters. The van der Waals surface area contributed by atoms with E-state index in [1.165, 1.54) is 12.0 Å². The van der Waals surface area contributed by atoms with Crippen molar-refractivity contribution >= 4 is 11.6 Å². The van der Waals surface area contributed by atoms with Gasteiger partial charge in [0, 0.05) is 31.7 Å². The van der Waals surface area contributed by atoms with Crippen LogP contribution in [0.3, 0.4) is 0 Å². The van der Waals surface area contributed by atoms with Gasteiger partial charge < -0.3 is 9.80 Å². The van der Waals surface area contributed by atoms with Gasteiger partial charge in [0.05, 0.1) is 0 Å². The number of carbonyl (C=O) groups excluding carboxylic acids is 1. The molecule has 1 amide bonds. The molecule has 3 nitrogen and oxygen atoms in total. The van der Waals surface area contributed by atoms with Crippen molar-refractivity contribution in [1.82, 2.24) is 4.90 Å². The zero-order chi connectivity index (χ0) is 17.5. The van der Waals surface area contributed by atoms with Gasteiger partial charge in [-0.3, -0.25) is 4.79 Å². The number of benzene rings is 2. The molecular formula is C22H28N2O. The number of nitrogens with zero attached hydrogens (tertiary/aromatic N) is 2. The number of hydrogen-bond donors (Lipinski definition) is 0. The molecule has 1 aliphatic rings. The summed E-state index contributed by atoms with van der Waals surface area (Å²) in [5.74, 6) is 0.778. The number of para-hydroxylation sites is 1. The first-order valence-electron chi connectivity index (χ1n) is 9.38. The van der Waals surface area contributed by atoms with Crippen LogP contribution in [0.25, 0.3) is 0 Å². The fourth-order valence-corrected chi connectivity index (χ4v) is 3.61. The maximum Gasteiger partial charge on any atom is 0.226 e. The molecule has 3 rings (SSSR count). The van der Waals surface area contributed by atoms with Gasteiger partial charge in [-0.1, -0.05) is 55.5 Å². The minimum absolute atomic E-state index is 0.217. The maximum atomic E-state index is 12.4. The van der Waals surface area contributed by atoms with Crippen LogP contribution in [0.4, 0.5) is 5.69 Å². The van der Waals surface area contributed by atoms with Gasteiger partial charge in [-0.15, -0.1) is 0 Å². The van der Waals surface area contributed by atoms with Crippen molar-refractivity contribution in [1.29, 1.82) is 0 Å². The van der Waals surface area contributed by atoms with Crippen LogP contribution in [-0.4, -0.2) is 37.0 Å². The van der Waals surface area contributed by atoms with E-state index in [1.807, 2.05) is 42.2 Å². The predicted octanol–water partition coefficient (Wildman–Crippen LogP) is 3.99. The highest BCUT2D eigenvalue weighted by Gasteiger charge is 2.26. The van der Waals surface area contributed by atoms with Gasteiger partial charge in [-0.2, -0.15) is 0 Å². The van der Waals surface area contributed by atoms with E-state index in [0.717, 1.165) is 38.3 Å². The Bertz CT molecular complexity index is 656. The highest BCUT2D eigenvalue weighted by Crippen LogP contribution is 2.22. The maximum absolute atomic E-state index is 12.4. The molecule has 132 valence electrons. The van der Waals surface area contributed by atoms with Crippen LogP contribution < -0.4 is 4.90 Å². The number of anilines is 1. The zero-order valence-corrected chi connectivity index (χ0v) is 15.1. The largest absolute Gasteiger partial charge is 0.312 e. The molecule has 1 saturated heterocycles. The zero-order valence-electron chi connectivity index (χ0n) is 15.1. The quantitative estimate of drug-likeness (QED) is 0.763. The topological polar surface area (TPSA) is 23.6 Å². The molecule has 2 aromatic carbocycles. The first-order valence-corrected chi connectivity index (χ1v) is 9.38. The van der Waals surface area contributed by atoms with Gasteiger partial charge in [0.2, 0.25) is 5.91 Å². The first-order chi connectivity index (χ1) is 12.3. The van der Waals surface area contributed by atoms with Gasteiger partial charge in [0.1, 0.15) is 0 Å². The van der Waals surface area contributed by atoms with Crippen molar-refractivity contribution < 1.29 is 4.79 Å². The minimum Gasteiger partial charge on any atom is -0.312 e. The van der Waals surface area contributed by atoms with Crippen LogP contribution in [0.15, 0.2) is 60.7 Å². The van der Waals surface area contributed by atoms with E-state index < -0.39 is 0 Å². The Morgan fingerprint density at radius 1 is 1.08 bits per heavy atom. The molecule has 0 aliphatic carbocycles. The van der Waals surface area contributed by atoms with Crippen molar-refractivity contribution in [2.24, 2.45) is 5.92 Å². The summed E-state index contributed by atoms with van der Waals surface area (Å²) in [4.78, 5) is 16.9. The smallest absolute Gasteiger partial charge is 0.226 e. The van der Waals surface area contributed by atoms with E-state index in [-0.39, 0.29) is 5.91 Å². The molecule has 0 spiro atoms. The third-order valence-electron chi connectivity index (χ3n) is 5.04. The van der Waals surface area contributed by atoms with Crippen LogP contribution >= 0.6 is 0 Å². The molecule has 0 aromatic heterocycles. The SMILES string of the molecule is CCC(=O)N(CC1CCN(CCc2ccccc2)C1)c1ccccc1. The number of likely N-dealkylation sites (tertiary alicyclic amines) is 1. The van der Waals surface area contributed by atoms with Crippen LogP contribution in [0.1, 0.15) is 25.3 Å². The fourth-order valence-electron chi connectivity index (χ4n) is 3.61. The minimum atomic E-state index is 0.217. The molecular weight excluding hydrogens is 308 g/mol. The van der Waals surface area contributed by atoms with Gasteiger partial charge >= 0.3 is 0 Å². The second-order valence-corrected chi connectivity index (χ2v) is 6.88. The molecule has 0 saturated carbocycles. The Labute approximate surface area is 151 Å². The molecule has 0 N–H and O–H groups in total. The molecule has 1 unspecified atom stereocenters. The van der Waals surface area contributed by atoms with Gasteiger partial charge in [-0.05, 0) is 43.0 Å². The average molecular weight is 336 g/mol. The van der Waals surface area contributed by atoms with Gasteiger partial charge in [0.15, 0.2) is 0 Å². The summed E-state index contributed by atoms with van der Waals surface area (Å²) in [6.07, 6.45) is 2.83. The van der Waals surface area contributed by atoms with Crippen LogP contribution in [0, 0.1) is 5.92 Å². The van der Waals surface area contributed by atoms with Crippen molar-refractivity contribution in [3.05, 3.63) is 66.2 Å². The Morgan fingerprint density at radius 2 is 1.76 bits per heavy atom. The lowest BCUT2D eigenvalue weighted by molar-refractivity contribution is -0.118. The summed E-state index contributed by atoms with van der Waals surface area (Å²) >= 11 is 0. The third-order valence-corrected chi connectivity index (χ3v) is 5.04. The van der Waals surface area contributed by atoms with E-state index in [9.17, 15) is 4.79 Å². The molecule has 0 radical (unpaired) electrons. The molecule has 1 fully saturated rings. The van der Waals surface area contributed by atoms with Crippen LogP contribution in [-0.2, 0) is 11.2 Å². The fraction of sp³-hybridized carbons (Fsp3) is 0.409.